The molecule has 0 aliphatic carbocycles. The number of nitrogens with zero attached hydrogens (tertiary/aromatic N) is 1. The summed E-state index contributed by atoms with van der Waals surface area (Å²) in [6.07, 6.45) is 1.10. The summed E-state index contributed by atoms with van der Waals surface area (Å²) in [7, 11) is -0.696. The Balaban J connectivity index is 2.52. The van der Waals surface area contributed by atoms with Crippen molar-refractivity contribution in [3.05, 3.63) is 52.0 Å². The van der Waals surface area contributed by atoms with Crippen molar-refractivity contribution in [2.75, 3.05) is 31.3 Å². The molecular weight excluding hydrogens is 460 g/mol. The van der Waals surface area contributed by atoms with Crippen molar-refractivity contribution in [3.8, 4) is 11.5 Å². The number of hydrogen-bond donors (Lipinski definition) is 1. The molecule has 7 nitrogen and oxygen atoms in total. The lowest BCUT2D eigenvalue weighted by atomic mass is 10.1. The van der Waals surface area contributed by atoms with Crippen molar-refractivity contribution in [2.45, 2.75) is 19.9 Å². The first kappa shape index (κ1) is 23.0. The molecule has 158 valence electrons. The number of methoxy groups -OCH3 is 2. The molecule has 1 amide bonds. The number of nitrogens with one attached hydrogen (secondary N) is 1. The van der Waals surface area contributed by atoms with Crippen LogP contribution in [0.1, 0.15) is 35.8 Å². The molecule has 0 fully saturated rings. The van der Waals surface area contributed by atoms with Gasteiger partial charge in [-0.2, -0.15) is 0 Å². The number of carbonyl (C=O) groups excluding carboxylic acids is 1. The third-order valence-corrected chi connectivity index (χ3v) is 6.15. The lowest BCUT2D eigenvalue weighted by Gasteiger charge is -2.25. The molecule has 1 N–H and O–H groups in total. The van der Waals surface area contributed by atoms with Crippen molar-refractivity contribution in [1.29, 1.82) is 0 Å². The maximum atomic E-state index is 13.1. The molecule has 0 unspecified atom stereocenters. The maximum Gasteiger partial charge on any atom is 0.254 e. The monoisotopic (exact) mass is 484 g/mol. The predicted octanol–water partition coefficient (Wildman–Crippen LogP) is 3.74. The first-order valence-electron chi connectivity index (χ1n) is 8.92. The number of sulfonamides is 1. The van der Waals surface area contributed by atoms with Gasteiger partial charge in [0.25, 0.3) is 5.91 Å². The Morgan fingerprint density at radius 3 is 2.31 bits per heavy atom. The van der Waals surface area contributed by atoms with E-state index in [1.54, 1.807) is 6.92 Å². The van der Waals surface area contributed by atoms with Crippen LogP contribution in [0.4, 0.5) is 5.69 Å². The number of benzene rings is 2. The van der Waals surface area contributed by atoms with Crippen LogP contribution in [0, 0.1) is 0 Å². The summed E-state index contributed by atoms with van der Waals surface area (Å²) in [6.45, 7) is 3.72. The molecule has 0 saturated heterocycles. The van der Waals surface area contributed by atoms with Gasteiger partial charge in [0.05, 0.1) is 37.8 Å². The quantitative estimate of drug-likeness (QED) is 0.616. The summed E-state index contributed by atoms with van der Waals surface area (Å²) in [5, 5.41) is 2.92. The van der Waals surface area contributed by atoms with E-state index in [0.717, 1.165) is 20.6 Å². The molecule has 0 bridgehead atoms. The molecule has 0 aliphatic heterocycles. The SMILES string of the molecule is CCN(c1cc(OC)c(OC)cc1C(=O)N[C@H](C)c1cccc(Br)c1)S(C)(=O)=O. The zero-order valence-electron chi connectivity index (χ0n) is 17.0. The molecule has 0 saturated carbocycles. The summed E-state index contributed by atoms with van der Waals surface area (Å²) in [6, 6.07) is 10.3. The molecule has 2 aromatic rings. The number of hydrogen-bond acceptors (Lipinski definition) is 5. The number of carbonyl (C=O) groups is 1. The topological polar surface area (TPSA) is 84.9 Å². The van der Waals surface area contributed by atoms with E-state index >= 15 is 0 Å². The van der Waals surface area contributed by atoms with Crippen LogP contribution < -0.4 is 19.1 Å². The first-order valence-corrected chi connectivity index (χ1v) is 11.6. The Bertz CT molecular complexity index is 994. The Kier molecular flexibility index (Phi) is 7.54. The van der Waals surface area contributed by atoms with E-state index in [1.807, 2.05) is 31.2 Å². The van der Waals surface area contributed by atoms with Gasteiger partial charge in [0, 0.05) is 17.1 Å². The van der Waals surface area contributed by atoms with Crippen LogP contribution in [0.15, 0.2) is 40.9 Å². The summed E-state index contributed by atoms with van der Waals surface area (Å²) < 4.78 is 37.2. The van der Waals surface area contributed by atoms with E-state index in [0.29, 0.717) is 11.5 Å². The van der Waals surface area contributed by atoms with Gasteiger partial charge in [-0.15, -0.1) is 0 Å². The number of halogens is 1. The minimum Gasteiger partial charge on any atom is -0.493 e. The first-order chi connectivity index (χ1) is 13.6. The molecule has 29 heavy (non-hydrogen) atoms. The van der Waals surface area contributed by atoms with Gasteiger partial charge in [0.2, 0.25) is 10.0 Å². The average molecular weight is 485 g/mol. The lowest BCUT2D eigenvalue weighted by molar-refractivity contribution is 0.0940. The van der Waals surface area contributed by atoms with E-state index in [-0.39, 0.29) is 23.8 Å². The van der Waals surface area contributed by atoms with Gasteiger partial charge in [-0.05, 0) is 37.6 Å². The highest BCUT2D eigenvalue weighted by Gasteiger charge is 2.26. The number of amides is 1. The van der Waals surface area contributed by atoms with Gasteiger partial charge in [-0.3, -0.25) is 9.10 Å². The summed E-state index contributed by atoms with van der Waals surface area (Å²) in [4.78, 5) is 13.1. The number of rotatable bonds is 8. The Morgan fingerprint density at radius 1 is 1.17 bits per heavy atom. The molecule has 0 aromatic heterocycles. The Labute approximate surface area is 180 Å². The van der Waals surface area contributed by atoms with E-state index < -0.39 is 15.9 Å². The number of ether oxygens (including phenoxy) is 2. The van der Waals surface area contributed by atoms with Gasteiger partial charge in [-0.1, -0.05) is 28.1 Å². The van der Waals surface area contributed by atoms with Gasteiger partial charge in [0.1, 0.15) is 0 Å². The van der Waals surface area contributed by atoms with Crippen LogP contribution in [0.3, 0.4) is 0 Å². The second kappa shape index (κ2) is 9.49. The van der Waals surface area contributed by atoms with Gasteiger partial charge in [-0.25, -0.2) is 8.42 Å². The molecule has 0 spiro atoms. The standard InChI is InChI=1S/C20H25BrN2O5S/c1-6-23(29(5,25)26)17-12-19(28-4)18(27-3)11-16(17)20(24)22-13(2)14-8-7-9-15(21)10-14/h7-13H,6H2,1-5H3,(H,22,24)/t13-/m1/s1. The molecular formula is C20H25BrN2O5S. The van der Waals surface area contributed by atoms with Crippen molar-refractivity contribution in [1.82, 2.24) is 5.32 Å². The van der Waals surface area contributed by atoms with Crippen LogP contribution in [-0.4, -0.2) is 41.3 Å². The predicted molar refractivity (Wildman–Crippen MR) is 117 cm³/mol. The highest BCUT2D eigenvalue weighted by molar-refractivity contribution is 9.10. The third-order valence-electron chi connectivity index (χ3n) is 4.40. The van der Waals surface area contributed by atoms with E-state index in [2.05, 4.69) is 21.2 Å². The zero-order valence-corrected chi connectivity index (χ0v) is 19.4. The highest BCUT2D eigenvalue weighted by Crippen LogP contribution is 2.36. The molecule has 1 atom stereocenters. The lowest BCUT2D eigenvalue weighted by Crippen LogP contribution is -2.33. The van der Waals surface area contributed by atoms with Gasteiger partial charge >= 0.3 is 0 Å². The van der Waals surface area contributed by atoms with Crippen molar-refractivity contribution in [3.63, 3.8) is 0 Å². The minimum absolute atomic E-state index is 0.162. The minimum atomic E-state index is -3.60. The Morgan fingerprint density at radius 2 is 1.79 bits per heavy atom. The normalized spacial score (nSPS) is 12.2. The summed E-state index contributed by atoms with van der Waals surface area (Å²) in [5.41, 5.74) is 1.31. The van der Waals surface area contributed by atoms with E-state index in [1.165, 1.54) is 26.4 Å². The Hall–Kier alpha value is -2.26. The average Bonchev–Trinajstić information content (AvgIpc) is 2.66. The maximum absolute atomic E-state index is 13.1. The van der Waals surface area contributed by atoms with Crippen molar-refractivity contribution < 1.29 is 22.7 Å². The summed E-state index contributed by atoms with van der Waals surface area (Å²) in [5.74, 6) is 0.248. The fourth-order valence-electron chi connectivity index (χ4n) is 2.97. The zero-order chi connectivity index (χ0) is 21.8. The van der Waals surface area contributed by atoms with Crippen LogP contribution in [-0.2, 0) is 10.0 Å². The smallest absolute Gasteiger partial charge is 0.254 e. The third kappa shape index (κ3) is 5.42. The van der Waals surface area contributed by atoms with Crippen LogP contribution in [0.25, 0.3) is 0 Å². The van der Waals surface area contributed by atoms with Crippen LogP contribution in [0.5, 0.6) is 11.5 Å². The fourth-order valence-corrected chi connectivity index (χ4v) is 4.37. The van der Waals surface area contributed by atoms with E-state index in [4.69, 9.17) is 9.47 Å². The molecule has 0 heterocycles. The molecule has 2 aromatic carbocycles. The molecule has 0 radical (unpaired) electrons. The summed E-state index contributed by atoms with van der Waals surface area (Å²) >= 11 is 3.42. The van der Waals surface area contributed by atoms with Crippen molar-refractivity contribution in [2.24, 2.45) is 0 Å². The second-order valence-corrected chi connectivity index (χ2v) is 9.22. The van der Waals surface area contributed by atoms with Gasteiger partial charge < -0.3 is 14.8 Å². The van der Waals surface area contributed by atoms with Crippen LogP contribution in [0.2, 0.25) is 0 Å². The largest absolute Gasteiger partial charge is 0.493 e. The van der Waals surface area contributed by atoms with Crippen LogP contribution >= 0.6 is 15.9 Å². The molecule has 0 aliphatic rings. The molecule has 2 rings (SSSR count). The van der Waals surface area contributed by atoms with Gasteiger partial charge in [0.15, 0.2) is 11.5 Å². The van der Waals surface area contributed by atoms with Crippen molar-refractivity contribution >= 4 is 37.5 Å². The second-order valence-electron chi connectivity index (χ2n) is 6.40. The fraction of sp³-hybridized carbons (Fsp3) is 0.350. The van der Waals surface area contributed by atoms with E-state index in [9.17, 15) is 13.2 Å². The number of anilines is 1. The highest BCUT2D eigenvalue weighted by atomic mass is 79.9. The molecule has 9 heteroatoms.